The Bertz CT molecular complexity index is 550. The van der Waals surface area contributed by atoms with Gasteiger partial charge < -0.3 is 5.32 Å². The maximum Gasteiger partial charge on any atom is 0.471 e. The summed E-state index contributed by atoms with van der Waals surface area (Å²) in [6, 6.07) is 6.35. The van der Waals surface area contributed by atoms with E-state index in [-0.39, 0.29) is 5.82 Å². The van der Waals surface area contributed by atoms with Gasteiger partial charge in [-0.15, -0.1) is 0 Å². The van der Waals surface area contributed by atoms with Gasteiger partial charge in [0.25, 0.3) is 0 Å². The van der Waals surface area contributed by atoms with Gasteiger partial charge in [0.1, 0.15) is 0 Å². The molecule has 0 saturated carbocycles. The van der Waals surface area contributed by atoms with E-state index in [1.165, 1.54) is 12.3 Å². The fourth-order valence-electron chi connectivity index (χ4n) is 1.23. The van der Waals surface area contributed by atoms with Gasteiger partial charge in [0.15, 0.2) is 5.82 Å². The highest BCUT2D eigenvalue weighted by Gasteiger charge is 2.39. The lowest BCUT2D eigenvalue weighted by Gasteiger charge is -2.04. The van der Waals surface area contributed by atoms with Crippen LogP contribution in [0.2, 0.25) is 0 Å². The molecule has 2 aromatic rings. The van der Waals surface area contributed by atoms with Crippen LogP contribution in [0, 0.1) is 0 Å². The maximum atomic E-state index is 12.0. The molecule has 8 heteroatoms. The van der Waals surface area contributed by atoms with Crippen LogP contribution in [0.5, 0.6) is 0 Å². The van der Waals surface area contributed by atoms with Crippen LogP contribution in [0.4, 0.5) is 19.0 Å². The minimum absolute atomic E-state index is 0.210. The summed E-state index contributed by atoms with van der Waals surface area (Å²) in [6.45, 7) is 0. The number of pyridine rings is 1. The molecule has 2 aromatic heterocycles. The highest BCUT2D eigenvalue weighted by molar-refractivity contribution is 5.94. The zero-order valence-corrected chi connectivity index (χ0v) is 8.82. The van der Waals surface area contributed by atoms with Crippen LogP contribution in [0.1, 0.15) is 0 Å². The number of rotatable bonds is 2. The summed E-state index contributed by atoms with van der Waals surface area (Å²) in [4.78, 5) is 14.7. The van der Waals surface area contributed by atoms with Crippen molar-refractivity contribution in [2.45, 2.75) is 6.18 Å². The van der Waals surface area contributed by atoms with Crippen molar-refractivity contribution in [1.29, 1.82) is 0 Å². The van der Waals surface area contributed by atoms with Crippen molar-refractivity contribution >= 4 is 11.7 Å². The van der Waals surface area contributed by atoms with E-state index in [0.717, 1.165) is 0 Å². The lowest BCUT2D eigenvalue weighted by atomic mass is 10.3. The Hall–Kier alpha value is -2.38. The van der Waals surface area contributed by atoms with E-state index in [2.05, 4.69) is 15.2 Å². The standard InChI is InChI=1S/C10H7F3N4O/c11-10(12,13)9(18)15-8-5-7(16-17-8)6-3-1-2-4-14-6/h1-5H,(H2,15,16,17,18). The fourth-order valence-corrected chi connectivity index (χ4v) is 1.23. The highest BCUT2D eigenvalue weighted by atomic mass is 19.4. The molecule has 18 heavy (non-hydrogen) atoms. The lowest BCUT2D eigenvalue weighted by Crippen LogP contribution is -2.30. The second-order valence-electron chi connectivity index (χ2n) is 3.33. The summed E-state index contributed by atoms with van der Waals surface area (Å²) in [6.07, 6.45) is -3.41. The summed E-state index contributed by atoms with van der Waals surface area (Å²) >= 11 is 0. The number of anilines is 1. The molecule has 0 radical (unpaired) electrons. The van der Waals surface area contributed by atoms with Crippen LogP contribution in [-0.4, -0.2) is 27.3 Å². The van der Waals surface area contributed by atoms with Gasteiger partial charge in [0, 0.05) is 12.3 Å². The SMILES string of the molecule is O=C(Nc1cc(-c2ccccn2)[nH]n1)C(F)(F)F. The Kier molecular flexibility index (Phi) is 3.00. The smallest absolute Gasteiger partial charge is 0.301 e. The molecule has 0 aromatic carbocycles. The second-order valence-corrected chi connectivity index (χ2v) is 3.33. The summed E-state index contributed by atoms with van der Waals surface area (Å²) in [5, 5.41) is 7.67. The van der Waals surface area contributed by atoms with E-state index < -0.39 is 12.1 Å². The molecule has 2 N–H and O–H groups in total. The van der Waals surface area contributed by atoms with Crippen LogP contribution < -0.4 is 5.32 Å². The molecule has 0 aliphatic heterocycles. The Morgan fingerprint density at radius 1 is 1.33 bits per heavy atom. The van der Waals surface area contributed by atoms with Gasteiger partial charge in [-0.25, -0.2) is 0 Å². The van der Waals surface area contributed by atoms with Crippen molar-refractivity contribution in [2.75, 3.05) is 5.32 Å². The number of aromatic nitrogens is 3. The third-order valence-corrected chi connectivity index (χ3v) is 2.02. The number of aromatic amines is 1. The van der Waals surface area contributed by atoms with E-state index in [4.69, 9.17) is 0 Å². The normalized spacial score (nSPS) is 11.3. The largest absolute Gasteiger partial charge is 0.471 e. The first-order valence-electron chi connectivity index (χ1n) is 4.82. The number of nitrogens with one attached hydrogen (secondary N) is 2. The third kappa shape index (κ3) is 2.65. The van der Waals surface area contributed by atoms with Crippen LogP contribution in [-0.2, 0) is 4.79 Å². The average Bonchev–Trinajstić information content (AvgIpc) is 2.77. The molecule has 0 atom stereocenters. The molecule has 5 nitrogen and oxygen atoms in total. The highest BCUT2D eigenvalue weighted by Crippen LogP contribution is 2.20. The minimum Gasteiger partial charge on any atom is -0.301 e. The number of halogens is 3. The molecule has 94 valence electrons. The van der Waals surface area contributed by atoms with E-state index in [1.54, 1.807) is 23.5 Å². The van der Waals surface area contributed by atoms with E-state index in [0.29, 0.717) is 11.4 Å². The maximum absolute atomic E-state index is 12.0. The summed E-state index contributed by atoms with van der Waals surface area (Å²) < 4.78 is 36.0. The van der Waals surface area contributed by atoms with Crippen molar-refractivity contribution in [2.24, 2.45) is 0 Å². The van der Waals surface area contributed by atoms with Gasteiger partial charge in [-0.05, 0) is 12.1 Å². The molecular weight excluding hydrogens is 249 g/mol. The molecule has 0 spiro atoms. The van der Waals surface area contributed by atoms with Crippen molar-refractivity contribution in [3.8, 4) is 11.4 Å². The number of hydrogen-bond acceptors (Lipinski definition) is 3. The second kappa shape index (κ2) is 4.47. The van der Waals surface area contributed by atoms with Crippen molar-refractivity contribution in [1.82, 2.24) is 15.2 Å². The van der Waals surface area contributed by atoms with Crippen molar-refractivity contribution in [3.63, 3.8) is 0 Å². The first kappa shape index (κ1) is 12.1. The van der Waals surface area contributed by atoms with E-state index >= 15 is 0 Å². The molecule has 0 unspecified atom stereocenters. The first-order valence-corrected chi connectivity index (χ1v) is 4.82. The Morgan fingerprint density at radius 2 is 2.11 bits per heavy atom. The number of carbonyl (C=O) groups is 1. The Labute approximate surface area is 99.0 Å². The molecule has 0 saturated heterocycles. The quantitative estimate of drug-likeness (QED) is 0.862. The van der Waals surface area contributed by atoms with Crippen molar-refractivity contribution in [3.05, 3.63) is 30.5 Å². The number of nitrogens with zero attached hydrogens (tertiary/aromatic N) is 2. The van der Waals surface area contributed by atoms with Crippen LogP contribution in [0.3, 0.4) is 0 Å². The van der Waals surface area contributed by atoms with E-state index in [9.17, 15) is 18.0 Å². The van der Waals surface area contributed by atoms with Gasteiger partial charge in [0.05, 0.1) is 11.4 Å². The number of H-pyrrole nitrogens is 1. The van der Waals surface area contributed by atoms with Gasteiger partial charge >= 0.3 is 12.1 Å². The molecule has 2 heterocycles. The fraction of sp³-hybridized carbons (Fsp3) is 0.100. The van der Waals surface area contributed by atoms with Crippen LogP contribution >= 0.6 is 0 Å². The van der Waals surface area contributed by atoms with Gasteiger partial charge in [-0.3, -0.25) is 14.9 Å². The first-order chi connectivity index (χ1) is 8.47. The summed E-state index contributed by atoms with van der Waals surface area (Å²) in [7, 11) is 0. The zero-order chi connectivity index (χ0) is 13.2. The third-order valence-electron chi connectivity index (χ3n) is 2.02. The topological polar surface area (TPSA) is 70.7 Å². The predicted octanol–water partition coefficient (Wildman–Crippen LogP) is 1.97. The molecule has 0 bridgehead atoms. The average molecular weight is 256 g/mol. The molecule has 0 aliphatic rings. The predicted molar refractivity (Wildman–Crippen MR) is 56.5 cm³/mol. The van der Waals surface area contributed by atoms with Crippen LogP contribution in [0.15, 0.2) is 30.5 Å². The summed E-state index contributed by atoms with van der Waals surface area (Å²) in [5.74, 6) is -2.28. The van der Waals surface area contributed by atoms with Crippen LogP contribution in [0.25, 0.3) is 11.4 Å². The van der Waals surface area contributed by atoms with E-state index in [1.807, 2.05) is 0 Å². The molecule has 2 rings (SSSR count). The number of carbonyl (C=O) groups excluding carboxylic acids is 1. The van der Waals surface area contributed by atoms with Gasteiger partial charge in [0.2, 0.25) is 0 Å². The van der Waals surface area contributed by atoms with Gasteiger partial charge in [-0.2, -0.15) is 18.3 Å². The number of hydrogen-bond donors (Lipinski definition) is 2. The lowest BCUT2D eigenvalue weighted by molar-refractivity contribution is -0.167. The summed E-state index contributed by atoms with van der Waals surface area (Å²) in [5.41, 5.74) is 0.922. The monoisotopic (exact) mass is 256 g/mol. The minimum atomic E-state index is -4.94. The van der Waals surface area contributed by atoms with Crippen molar-refractivity contribution < 1.29 is 18.0 Å². The molecular formula is C10H7F3N4O. The molecule has 1 amide bonds. The Morgan fingerprint density at radius 3 is 2.72 bits per heavy atom. The van der Waals surface area contributed by atoms with Gasteiger partial charge in [-0.1, -0.05) is 6.07 Å². The molecule has 0 aliphatic carbocycles. The Balaban J connectivity index is 2.15. The zero-order valence-electron chi connectivity index (χ0n) is 8.82. The molecule has 0 fully saturated rings. The number of amides is 1. The number of alkyl halides is 3.